The third-order valence-corrected chi connectivity index (χ3v) is 5.61. The summed E-state index contributed by atoms with van der Waals surface area (Å²) in [6.07, 6.45) is 1.24. The van der Waals surface area contributed by atoms with Gasteiger partial charge in [0.15, 0.2) is 0 Å². The van der Waals surface area contributed by atoms with E-state index in [2.05, 4.69) is 15.3 Å². The molecular weight excluding hydrogens is 439 g/mol. The molecule has 2 atom stereocenters. The SMILES string of the molecule is COc1cc(OC[C@H]2C[C@H](O)CN2C(C)=O)c2c(Nc3ccc(F)c(Cl)c3)ncnc2c1. The van der Waals surface area contributed by atoms with Gasteiger partial charge in [0.05, 0.1) is 35.2 Å². The van der Waals surface area contributed by atoms with Crippen LogP contribution in [-0.2, 0) is 4.79 Å². The molecule has 0 spiro atoms. The van der Waals surface area contributed by atoms with E-state index in [4.69, 9.17) is 21.1 Å². The van der Waals surface area contributed by atoms with Crippen LogP contribution in [0.25, 0.3) is 10.9 Å². The van der Waals surface area contributed by atoms with Crippen LogP contribution >= 0.6 is 11.6 Å². The van der Waals surface area contributed by atoms with E-state index in [-0.39, 0.29) is 30.1 Å². The summed E-state index contributed by atoms with van der Waals surface area (Å²) < 4.78 is 25.0. The molecule has 1 amide bonds. The summed E-state index contributed by atoms with van der Waals surface area (Å²) >= 11 is 5.90. The van der Waals surface area contributed by atoms with E-state index >= 15 is 0 Å². The lowest BCUT2D eigenvalue weighted by atomic mass is 10.1. The lowest BCUT2D eigenvalue weighted by Gasteiger charge is -2.23. The summed E-state index contributed by atoms with van der Waals surface area (Å²) in [5.74, 6) is 0.777. The van der Waals surface area contributed by atoms with Gasteiger partial charge in [-0.3, -0.25) is 4.79 Å². The van der Waals surface area contributed by atoms with Crippen molar-refractivity contribution in [3.05, 3.63) is 47.5 Å². The van der Waals surface area contributed by atoms with Crippen LogP contribution in [0.15, 0.2) is 36.7 Å². The van der Waals surface area contributed by atoms with Crippen molar-refractivity contribution in [1.82, 2.24) is 14.9 Å². The maximum atomic E-state index is 13.5. The van der Waals surface area contributed by atoms with Gasteiger partial charge >= 0.3 is 0 Å². The van der Waals surface area contributed by atoms with E-state index < -0.39 is 11.9 Å². The zero-order chi connectivity index (χ0) is 22.8. The molecule has 2 heterocycles. The number of likely N-dealkylation sites (tertiary alicyclic amines) is 1. The highest BCUT2D eigenvalue weighted by Crippen LogP contribution is 2.36. The fraction of sp³-hybridized carbons (Fsp3) is 0.318. The van der Waals surface area contributed by atoms with Gasteiger partial charge in [0.25, 0.3) is 0 Å². The van der Waals surface area contributed by atoms with Crippen LogP contribution in [0.1, 0.15) is 13.3 Å². The lowest BCUT2D eigenvalue weighted by molar-refractivity contribution is -0.130. The number of aliphatic hydroxyl groups is 1. The number of ether oxygens (including phenoxy) is 2. The van der Waals surface area contributed by atoms with Gasteiger partial charge in [0, 0.05) is 31.3 Å². The van der Waals surface area contributed by atoms with Crippen molar-refractivity contribution >= 4 is 39.9 Å². The Morgan fingerprint density at radius 1 is 1.34 bits per heavy atom. The van der Waals surface area contributed by atoms with Crippen molar-refractivity contribution in [2.45, 2.75) is 25.5 Å². The molecule has 3 aromatic rings. The lowest BCUT2D eigenvalue weighted by Crippen LogP contribution is -2.37. The van der Waals surface area contributed by atoms with Crippen molar-refractivity contribution in [1.29, 1.82) is 0 Å². The Morgan fingerprint density at radius 2 is 2.16 bits per heavy atom. The molecule has 1 fully saturated rings. The fourth-order valence-electron chi connectivity index (χ4n) is 3.79. The van der Waals surface area contributed by atoms with Crippen LogP contribution < -0.4 is 14.8 Å². The average molecular weight is 461 g/mol. The number of fused-ring (bicyclic) bond motifs is 1. The summed E-state index contributed by atoms with van der Waals surface area (Å²) in [6.45, 7) is 1.93. The molecule has 2 aromatic carbocycles. The number of rotatable bonds is 6. The fourth-order valence-corrected chi connectivity index (χ4v) is 3.97. The molecule has 0 aliphatic carbocycles. The Balaban J connectivity index is 1.69. The number of benzene rings is 2. The Kier molecular flexibility index (Phi) is 6.29. The van der Waals surface area contributed by atoms with Crippen LogP contribution in [0.4, 0.5) is 15.9 Å². The number of amides is 1. The van der Waals surface area contributed by atoms with Gasteiger partial charge in [-0.15, -0.1) is 0 Å². The molecule has 4 rings (SSSR count). The zero-order valence-corrected chi connectivity index (χ0v) is 18.3. The quantitative estimate of drug-likeness (QED) is 0.580. The first-order valence-corrected chi connectivity index (χ1v) is 10.4. The average Bonchev–Trinajstić information content (AvgIpc) is 3.15. The van der Waals surface area contributed by atoms with Crippen LogP contribution in [0.2, 0.25) is 5.02 Å². The molecule has 32 heavy (non-hydrogen) atoms. The Morgan fingerprint density at radius 3 is 2.88 bits per heavy atom. The number of nitrogens with one attached hydrogen (secondary N) is 1. The van der Waals surface area contributed by atoms with E-state index in [1.165, 1.54) is 32.5 Å². The maximum Gasteiger partial charge on any atom is 0.219 e. The summed E-state index contributed by atoms with van der Waals surface area (Å²) in [5.41, 5.74) is 1.11. The molecule has 8 nitrogen and oxygen atoms in total. The molecule has 0 unspecified atom stereocenters. The van der Waals surface area contributed by atoms with Gasteiger partial charge in [-0.25, -0.2) is 14.4 Å². The van der Waals surface area contributed by atoms with Crippen LogP contribution in [0.3, 0.4) is 0 Å². The topological polar surface area (TPSA) is 96.8 Å². The van der Waals surface area contributed by atoms with E-state index in [0.29, 0.717) is 40.3 Å². The van der Waals surface area contributed by atoms with E-state index in [9.17, 15) is 14.3 Å². The van der Waals surface area contributed by atoms with Gasteiger partial charge in [0.2, 0.25) is 5.91 Å². The number of hydrogen-bond acceptors (Lipinski definition) is 7. The molecular formula is C22H22ClFN4O4. The van der Waals surface area contributed by atoms with E-state index in [1.807, 2.05) is 0 Å². The minimum Gasteiger partial charge on any atom is -0.497 e. The number of methoxy groups -OCH3 is 1. The minimum atomic E-state index is -0.585. The number of anilines is 2. The molecule has 1 aromatic heterocycles. The number of carbonyl (C=O) groups excluding carboxylic acids is 1. The Hall–Kier alpha value is -3.17. The van der Waals surface area contributed by atoms with Crippen molar-refractivity contribution in [3.63, 3.8) is 0 Å². The summed E-state index contributed by atoms with van der Waals surface area (Å²) in [5, 5.41) is 13.7. The van der Waals surface area contributed by atoms with Crippen molar-refractivity contribution < 1.29 is 23.8 Å². The number of aliphatic hydroxyl groups excluding tert-OH is 1. The van der Waals surface area contributed by atoms with Crippen molar-refractivity contribution in [3.8, 4) is 11.5 Å². The molecule has 10 heteroatoms. The molecule has 0 saturated carbocycles. The normalized spacial score (nSPS) is 18.1. The first-order chi connectivity index (χ1) is 15.4. The molecule has 0 bridgehead atoms. The van der Waals surface area contributed by atoms with Gasteiger partial charge in [-0.1, -0.05) is 11.6 Å². The smallest absolute Gasteiger partial charge is 0.219 e. The first-order valence-electron chi connectivity index (χ1n) is 9.98. The third kappa shape index (κ3) is 4.53. The number of aromatic nitrogens is 2. The third-order valence-electron chi connectivity index (χ3n) is 5.32. The summed E-state index contributed by atoms with van der Waals surface area (Å²) in [4.78, 5) is 22.1. The van der Waals surface area contributed by atoms with Gasteiger partial charge in [-0.2, -0.15) is 0 Å². The summed E-state index contributed by atoms with van der Waals surface area (Å²) in [6, 6.07) is 7.45. The van der Waals surface area contributed by atoms with Crippen LogP contribution in [0.5, 0.6) is 11.5 Å². The van der Waals surface area contributed by atoms with E-state index in [1.54, 1.807) is 23.1 Å². The molecule has 1 saturated heterocycles. The number of β-amino-alcohol motifs (C(OH)–C–C–N with tert-alkyl or cyclic N) is 1. The van der Waals surface area contributed by atoms with Crippen LogP contribution in [-0.4, -0.2) is 58.3 Å². The predicted molar refractivity (Wildman–Crippen MR) is 118 cm³/mol. The minimum absolute atomic E-state index is 0.0179. The molecule has 2 N–H and O–H groups in total. The Labute approximate surface area is 188 Å². The number of nitrogens with zero attached hydrogens (tertiary/aromatic N) is 3. The second-order valence-corrected chi connectivity index (χ2v) is 7.93. The predicted octanol–water partition coefficient (Wildman–Crippen LogP) is 3.54. The highest BCUT2D eigenvalue weighted by molar-refractivity contribution is 6.31. The summed E-state index contributed by atoms with van der Waals surface area (Å²) in [7, 11) is 1.54. The Bertz CT molecular complexity index is 1160. The second-order valence-electron chi connectivity index (χ2n) is 7.52. The van der Waals surface area contributed by atoms with Crippen LogP contribution in [0, 0.1) is 5.82 Å². The number of halogens is 2. The molecule has 1 aliphatic rings. The van der Waals surface area contributed by atoms with Gasteiger partial charge in [0.1, 0.15) is 36.1 Å². The highest BCUT2D eigenvalue weighted by atomic mass is 35.5. The van der Waals surface area contributed by atoms with Gasteiger partial charge in [-0.05, 0) is 24.6 Å². The maximum absolute atomic E-state index is 13.5. The van der Waals surface area contributed by atoms with Crippen molar-refractivity contribution in [2.75, 3.05) is 25.6 Å². The molecule has 1 aliphatic heterocycles. The first kappa shape index (κ1) is 22.0. The molecule has 168 valence electrons. The zero-order valence-electron chi connectivity index (χ0n) is 17.5. The van der Waals surface area contributed by atoms with E-state index in [0.717, 1.165) is 0 Å². The highest BCUT2D eigenvalue weighted by Gasteiger charge is 2.33. The number of carbonyl (C=O) groups is 1. The number of hydrogen-bond donors (Lipinski definition) is 2. The largest absolute Gasteiger partial charge is 0.497 e. The molecule has 0 radical (unpaired) electrons. The standard InChI is InChI=1S/C22H22ClFN4O4/c1-12(29)28-9-15(30)6-14(28)10-32-20-8-16(31-2)7-19-21(20)22(26-11-25-19)27-13-3-4-18(24)17(23)5-13/h3-5,7-8,11,14-15,30H,6,9-10H2,1-2H3,(H,25,26,27)/t14-,15+/m1/s1. The monoisotopic (exact) mass is 460 g/mol. The second kappa shape index (κ2) is 9.13. The van der Waals surface area contributed by atoms with Gasteiger partial charge < -0.3 is 24.8 Å². The van der Waals surface area contributed by atoms with Crippen molar-refractivity contribution in [2.24, 2.45) is 0 Å².